The van der Waals surface area contributed by atoms with Gasteiger partial charge in [-0.2, -0.15) is 0 Å². The summed E-state index contributed by atoms with van der Waals surface area (Å²) in [7, 11) is 0. The number of hydrogen-bond donors (Lipinski definition) is 2. The summed E-state index contributed by atoms with van der Waals surface area (Å²) in [5.41, 5.74) is 0. The lowest BCUT2D eigenvalue weighted by Crippen LogP contribution is -2.09. The van der Waals surface area contributed by atoms with Gasteiger partial charge in [-0.3, -0.25) is 0 Å². The van der Waals surface area contributed by atoms with Crippen LogP contribution in [0, 0.1) is 0 Å². The average Bonchev–Trinajstić information content (AvgIpc) is 2.51. The molecule has 0 N–H and O–H groups in total. The summed E-state index contributed by atoms with van der Waals surface area (Å²) in [4.78, 5) is 4.40. The molecular weight excluding hydrogens is 244 g/mol. The molecular formula is C10H20N2S3. The summed E-state index contributed by atoms with van der Waals surface area (Å²) in [5.74, 6) is 1.08. The van der Waals surface area contributed by atoms with Crippen molar-refractivity contribution in [2.75, 3.05) is 0 Å². The number of thiol groups is 2. The maximum atomic E-state index is 4.40. The van der Waals surface area contributed by atoms with Crippen molar-refractivity contribution in [1.29, 1.82) is 0 Å². The molecule has 0 aliphatic carbocycles. The molecule has 0 aromatic carbocycles. The van der Waals surface area contributed by atoms with Crippen LogP contribution in [-0.4, -0.2) is 14.3 Å². The van der Waals surface area contributed by atoms with Crippen LogP contribution in [0.1, 0.15) is 51.9 Å². The predicted octanol–water partition coefficient (Wildman–Crippen LogP) is 4.16. The highest BCUT2D eigenvalue weighted by Gasteiger charge is 2.20. The van der Waals surface area contributed by atoms with Crippen LogP contribution >= 0.6 is 37.4 Å². The fraction of sp³-hybridized carbons (Fsp3) is 0.900. The maximum absolute atomic E-state index is 4.40. The number of amidine groups is 1. The molecule has 0 aromatic rings. The van der Waals surface area contributed by atoms with Gasteiger partial charge in [0.25, 0.3) is 0 Å². The Balaban J connectivity index is 2.02. The lowest BCUT2D eigenvalue weighted by molar-refractivity contribution is 0.613. The van der Waals surface area contributed by atoms with Gasteiger partial charge in [-0.1, -0.05) is 51.8 Å². The van der Waals surface area contributed by atoms with Crippen LogP contribution in [0.15, 0.2) is 4.99 Å². The Morgan fingerprint density at radius 3 is 2.53 bits per heavy atom. The third kappa shape index (κ3) is 5.41. The molecule has 1 unspecified atom stereocenters. The Labute approximate surface area is 108 Å². The van der Waals surface area contributed by atoms with Crippen LogP contribution < -0.4 is 0 Å². The quantitative estimate of drug-likeness (QED) is 0.408. The van der Waals surface area contributed by atoms with E-state index in [1.807, 2.05) is 3.71 Å². The van der Waals surface area contributed by atoms with Gasteiger partial charge in [0.2, 0.25) is 0 Å². The van der Waals surface area contributed by atoms with Crippen LogP contribution in [0.3, 0.4) is 0 Å². The first-order chi connectivity index (χ1) is 7.24. The first-order valence-corrected chi connectivity index (χ1v) is 7.40. The van der Waals surface area contributed by atoms with Gasteiger partial charge in [0.15, 0.2) is 4.71 Å². The molecule has 0 radical (unpaired) electrons. The zero-order valence-corrected chi connectivity index (χ0v) is 11.8. The molecule has 0 bridgehead atoms. The standard InChI is InChI=1S/C10H20N2S3/c1-2-3-4-5-6-7-8-9-11-10(13)15-12(9)14/h10,13-14H,2-8H2,1H3. The van der Waals surface area contributed by atoms with Crippen LogP contribution in [0.5, 0.6) is 0 Å². The summed E-state index contributed by atoms with van der Waals surface area (Å²) < 4.78 is 1.90. The van der Waals surface area contributed by atoms with Gasteiger partial charge < -0.3 is 0 Å². The van der Waals surface area contributed by atoms with E-state index in [0.717, 1.165) is 12.3 Å². The van der Waals surface area contributed by atoms with Gasteiger partial charge in [0.05, 0.1) is 0 Å². The number of nitrogens with zero attached hydrogens (tertiary/aromatic N) is 2. The Morgan fingerprint density at radius 2 is 1.93 bits per heavy atom. The molecule has 1 aliphatic heterocycles. The molecule has 1 rings (SSSR count). The van der Waals surface area contributed by atoms with Crippen LogP contribution in [0.4, 0.5) is 0 Å². The SMILES string of the molecule is CCCCCCCCC1=NC(S)SN1S. The summed E-state index contributed by atoms with van der Waals surface area (Å²) in [5, 5.41) is 0. The Kier molecular flexibility index (Phi) is 7.01. The molecule has 5 heteroatoms. The zero-order valence-electron chi connectivity index (χ0n) is 9.22. The van der Waals surface area contributed by atoms with Crippen LogP contribution in [-0.2, 0) is 0 Å². The van der Waals surface area contributed by atoms with Crippen molar-refractivity contribution < 1.29 is 0 Å². The van der Waals surface area contributed by atoms with E-state index in [4.69, 9.17) is 0 Å². The molecule has 1 atom stereocenters. The Morgan fingerprint density at radius 1 is 1.27 bits per heavy atom. The smallest absolute Gasteiger partial charge is 0.160 e. The minimum atomic E-state index is 0.0533. The van der Waals surface area contributed by atoms with Crippen LogP contribution in [0.25, 0.3) is 0 Å². The molecule has 0 amide bonds. The van der Waals surface area contributed by atoms with Gasteiger partial charge in [-0.05, 0) is 6.42 Å². The highest BCUT2D eigenvalue weighted by Crippen LogP contribution is 2.31. The van der Waals surface area contributed by atoms with Gasteiger partial charge in [0.1, 0.15) is 5.84 Å². The number of unbranched alkanes of at least 4 members (excludes halogenated alkanes) is 5. The van der Waals surface area contributed by atoms with Crippen molar-refractivity contribution in [2.45, 2.75) is 56.6 Å². The van der Waals surface area contributed by atoms with Crippen molar-refractivity contribution in [3.63, 3.8) is 0 Å². The number of hydrogen-bond acceptors (Lipinski definition) is 5. The molecule has 88 valence electrons. The Bertz CT molecular complexity index is 209. The number of aliphatic imine (C=N–C) groups is 1. The molecule has 0 aromatic heterocycles. The first-order valence-electron chi connectivity index (χ1n) is 5.64. The van der Waals surface area contributed by atoms with Crippen LogP contribution in [0.2, 0.25) is 0 Å². The molecule has 0 saturated heterocycles. The zero-order chi connectivity index (χ0) is 11.1. The summed E-state index contributed by atoms with van der Waals surface area (Å²) in [6.07, 6.45) is 8.98. The fourth-order valence-electron chi connectivity index (χ4n) is 1.57. The fourth-order valence-corrected chi connectivity index (χ4v) is 3.24. The van der Waals surface area contributed by atoms with E-state index < -0.39 is 0 Å². The molecule has 1 heterocycles. The second-order valence-electron chi connectivity index (χ2n) is 3.77. The van der Waals surface area contributed by atoms with E-state index in [1.54, 1.807) is 11.9 Å². The average molecular weight is 264 g/mol. The molecule has 2 nitrogen and oxygen atoms in total. The topological polar surface area (TPSA) is 15.6 Å². The third-order valence-electron chi connectivity index (χ3n) is 2.43. The molecule has 0 fully saturated rings. The van der Waals surface area contributed by atoms with Crippen molar-refractivity contribution in [3.8, 4) is 0 Å². The van der Waals surface area contributed by atoms with Crippen molar-refractivity contribution in [1.82, 2.24) is 3.71 Å². The maximum Gasteiger partial charge on any atom is 0.160 e. The molecule has 1 aliphatic rings. The largest absolute Gasteiger partial charge is 0.245 e. The molecule has 0 saturated carbocycles. The van der Waals surface area contributed by atoms with Gasteiger partial charge >= 0.3 is 0 Å². The number of rotatable bonds is 7. The first kappa shape index (κ1) is 13.6. The predicted molar refractivity (Wildman–Crippen MR) is 76.6 cm³/mol. The second kappa shape index (κ2) is 7.74. The molecule has 15 heavy (non-hydrogen) atoms. The van der Waals surface area contributed by atoms with E-state index in [2.05, 4.69) is 37.4 Å². The van der Waals surface area contributed by atoms with Crippen molar-refractivity contribution >= 4 is 43.2 Å². The molecule has 0 spiro atoms. The van der Waals surface area contributed by atoms with E-state index in [0.29, 0.717) is 0 Å². The second-order valence-corrected chi connectivity index (χ2v) is 6.30. The Hall–Kier alpha value is 0.520. The van der Waals surface area contributed by atoms with Gasteiger partial charge in [0, 0.05) is 18.4 Å². The van der Waals surface area contributed by atoms with E-state index >= 15 is 0 Å². The minimum Gasteiger partial charge on any atom is -0.245 e. The lowest BCUT2D eigenvalue weighted by atomic mass is 10.1. The van der Waals surface area contributed by atoms with E-state index in [9.17, 15) is 0 Å². The van der Waals surface area contributed by atoms with Gasteiger partial charge in [-0.15, -0.1) is 12.6 Å². The van der Waals surface area contributed by atoms with Crippen molar-refractivity contribution in [3.05, 3.63) is 0 Å². The lowest BCUT2D eigenvalue weighted by Gasteiger charge is -2.09. The summed E-state index contributed by atoms with van der Waals surface area (Å²) in [6, 6.07) is 0. The third-order valence-corrected chi connectivity index (χ3v) is 4.04. The summed E-state index contributed by atoms with van der Waals surface area (Å²) >= 11 is 10.2. The van der Waals surface area contributed by atoms with E-state index in [-0.39, 0.29) is 4.71 Å². The normalized spacial score (nSPS) is 20.9. The highest BCUT2D eigenvalue weighted by atomic mass is 32.2. The monoisotopic (exact) mass is 264 g/mol. The van der Waals surface area contributed by atoms with Gasteiger partial charge in [-0.25, -0.2) is 8.70 Å². The summed E-state index contributed by atoms with van der Waals surface area (Å²) in [6.45, 7) is 2.25. The highest BCUT2D eigenvalue weighted by molar-refractivity contribution is 8.14. The van der Waals surface area contributed by atoms with E-state index in [1.165, 1.54) is 38.5 Å². The van der Waals surface area contributed by atoms with Crippen molar-refractivity contribution in [2.24, 2.45) is 4.99 Å². The minimum absolute atomic E-state index is 0.0533.